The van der Waals surface area contributed by atoms with Crippen LogP contribution < -0.4 is 5.32 Å². The molecule has 1 aliphatic heterocycles. The van der Waals surface area contributed by atoms with E-state index in [2.05, 4.69) is 10.2 Å². The van der Waals surface area contributed by atoms with Crippen LogP contribution in [0.15, 0.2) is 59.5 Å². The molecule has 3 N–H and O–H groups in total. The molecule has 3 rings (SSSR count). The lowest BCUT2D eigenvalue weighted by Gasteiger charge is -2.31. The molecule has 2 aromatic rings. The second kappa shape index (κ2) is 13.9. The maximum atomic E-state index is 13.4. The Balaban J connectivity index is 1.75. The fourth-order valence-corrected chi connectivity index (χ4v) is 5.88. The number of morpholine rings is 1. The lowest BCUT2D eigenvalue weighted by Crippen LogP contribution is -2.51. The summed E-state index contributed by atoms with van der Waals surface area (Å²) in [5.74, 6) is -0.0662. The zero-order valence-corrected chi connectivity index (χ0v) is 23.0. The molecule has 0 saturated carbocycles. The monoisotopic (exact) mass is 549 g/mol. The van der Waals surface area contributed by atoms with E-state index in [1.54, 1.807) is 0 Å². The highest BCUT2D eigenvalue weighted by Crippen LogP contribution is 2.21. The van der Waals surface area contributed by atoms with Gasteiger partial charge in [-0.25, -0.2) is 13.2 Å². The van der Waals surface area contributed by atoms with Crippen LogP contribution in [0.3, 0.4) is 0 Å². The first-order valence-corrected chi connectivity index (χ1v) is 14.2. The van der Waals surface area contributed by atoms with Crippen molar-refractivity contribution in [3.8, 4) is 5.75 Å². The Hall–Kier alpha value is -2.70. The van der Waals surface area contributed by atoms with Gasteiger partial charge in [0.2, 0.25) is 10.0 Å². The SMILES string of the molecule is CC(C)CN(C[C@@H](O)[C@H](Cc1ccccc1)NC(=O)OC[C@H]1CN(C)CCO1)S(=O)(=O)c1ccc(O)cc1. The molecule has 10 nitrogen and oxygen atoms in total. The van der Waals surface area contributed by atoms with Crippen molar-refractivity contribution >= 4 is 16.1 Å². The van der Waals surface area contributed by atoms with Crippen LogP contribution in [0.4, 0.5) is 4.79 Å². The number of likely N-dealkylation sites (N-methyl/N-ethyl adjacent to an activating group) is 1. The molecule has 0 aliphatic carbocycles. The third-order valence-electron chi connectivity index (χ3n) is 6.24. The Morgan fingerprint density at radius 3 is 2.47 bits per heavy atom. The van der Waals surface area contributed by atoms with Crippen molar-refractivity contribution in [2.45, 2.75) is 43.4 Å². The molecule has 210 valence electrons. The molecular weight excluding hydrogens is 510 g/mol. The fraction of sp³-hybridized carbons (Fsp3) is 0.519. The standard InChI is InChI=1S/C27H39N3O7S/c1-20(2)16-30(38(34,35)24-11-9-22(31)10-12-24)18-26(32)25(15-21-7-5-4-6-8-21)28-27(33)37-19-23-17-29(3)13-14-36-23/h4-12,20,23,25-26,31-32H,13-19H2,1-3H3,(H,28,33)/t23-,25+,26-/m1/s1. The fourth-order valence-electron chi connectivity index (χ4n) is 4.26. The molecule has 1 heterocycles. The molecule has 0 bridgehead atoms. The quantitative estimate of drug-likeness (QED) is 0.367. The van der Waals surface area contributed by atoms with E-state index in [1.165, 1.54) is 28.6 Å². The summed E-state index contributed by atoms with van der Waals surface area (Å²) in [5.41, 5.74) is 0.867. The first kappa shape index (κ1) is 29.9. The number of nitrogens with zero attached hydrogens (tertiary/aromatic N) is 2. The second-order valence-corrected chi connectivity index (χ2v) is 12.0. The molecule has 1 aliphatic rings. The highest BCUT2D eigenvalue weighted by molar-refractivity contribution is 7.89. The largest absolute Gasteiger partial charge is 0.508 e. The average Bonchev–Trinajstić information content (AvgIpc) is 2.87. The Morgan fingerprint density at radius 1 is 1.16 bits per heavy atom. The Bertz CT molecular complexity index is 1110. The summed E-state index contributed by atoms with van der Waals surface area (Å²) in [7, 11) is -2.01. The molecule has 1 saturated heterocycles. The summed E-state index contributed by atoms with van der Waals surface area (Å²) >= 11 is 0. The number of amides is 1. The van der Waals surface area contributed by atoms with Gasteiger partial charge in [0, 0.05) is 26.2 Å². The van der Waals surface area contributed by atoms with E-state index in [-0.39, 0.29) is 48.8 Å². The average molecular weight is 550 g/mol. The zero-order chi connectivity index (χ0) is 27.7. The Kier molecular flexibility index (Phi) is 10.9. The number of phenolic OH excluding ortho intramolecular Hbond substituents is 1. The van der Waals surface area contributed by atoms with Crippen molar-refractivity contribution in [3.05, 3.63) is 60.2 Å². The van der Waals surface area contributed by atoms with Gasteiger partial charge in [0.15, 0.2) is 0 Å². The molecule has 11 heteroatoms. The van der Waals surface area contributed by atoms with Crippen molar-refractivity contribution in [1.29, 1.82) is 0 Å². The molecular formula is C27H39N3O7S. The molecule has 0 unspecified atom stereocenters. The number of nitrogens with one attached hydrogen (secondary N) is 1. The number of ether oxygens (including phenoxy) is 2. The van der Waals surface area contributed by atoms with Gasteiger partial charge in [-0.1, -0.05) is 44.2 Å². The number of phenols is 1. The van der Waals surface area contributed by atoms with Crippen molar-refractivity contribution in [1.82, 2.24) is 14.5 Å². The van der Waals surface area contributed by atoms with Crippen LogP contribution in [0.25, 0.3) is 0 Å². The van der Waals surface area contributed by atoms with Crippen LogP contribution in [0.5, 0.6) is 5.75 Å². The van der Waals surface area contributed by atoms with E-state index < -0.39 is 28.3 Å². The number of aromatic hydroxyl groups is 1. The first-order valence-electron chi connectivity index (χ1n) is 12.8. The van der Waals surface area contributed by atoms with Gasteiger partial charge in [-0.05, 0) is 49.2 Å². The molecule has 38 heavy (non-hydrogen) atoms. The number of sulfonamides is 1. The number of carbonyl (C=O) groups is 1. The van der Waals surface area contributed by atoms with Gasteiger partial charge in [0.25, 0.3) is 0 Å². The van der Waals surface area contributed by atoms with Crippen LogP contribution in [-0.2, 0) is 25.9 Å². The topological polar surface area (TPSA) is 129 Å². The summed E-state index contributed by atoms with van der Waals surface area (Å²) in [6, 6.07) is 13.8. The molecule has 3 atom stereocenters. The van der Waals surface area contributed by atoms with Crippen LogP contribution in [0.1, 0.15) is 19.4 Å². The second-order valence-electron chi connectivity index (χ2n) is 10.1. The minimum absolute atomic E-state index is 0.00702. The Labute approximate surface area is 225 Å². The van der Waals surface area contributed by atoms with Gasteiger partial charge in [-0.15, -0.1) is 0 Å². The molecule has 0 aromatic heterocycles. The van der Waals surface area contributed by atoms with E-state index in [9.17, 15) is 23.4 Å². The number of hydrogen-bond acceptors (Lipinski definition) is 8. The first-order chi connectivity index (χ1) is 18.0. The predicted molar refractivity (Wildman–Crippen MR) is 143 cm³/mol. The predicted octanol–water partition coefficient (Wildman–Crippen LogP) is 2.07. The van der Waals surface area contributed by atoms with Crippen molar-refractivity contribution in [2.75, 3.05) is 46.4 Å². The van der Waals surface area contributed by atoms with Crippen molar-refractivity contribution in [2.24, 2.45) is 5.92 Å². The van der Waals surface area contributed by atoms with Gasteiger partial charge in [0.05, 0.1) is 23.6 Å². The summed E-state index contributed by atoms with van der Waals surface area (Å²) < 4.78 is 39.1. The van der Waals surface area contributed by atoms with E-state index in [0.29, 0.717) is 13.2 Å². The maximum absolute atomic E-state index is 13.4. The van der Waals surface area contributed by atoms with Gasteiger partial charge < -0.3 is 29.9 Å². The molecule has 2 aromatic carbocycles. The third-order valence-corrected chi connectivity index (χ3v) is 8.09. The number of alkyl carbamates (subject to hydrolysis) is 1. The summed E-state index contributed by atoms with van der Waals surface area (Å²) in [6.07, 6.45) is -1.91. The summed E-state index contributed by atoms with van der Waals surface area (Å²) in [4.78, 5) is 14.8. The number of rotatable bonds is 12. The van der Waals surface area contributed by atoms with Gasteiger partial charge >= 0.3 is 6.09 Å². The Morgan fingerprint density at radius 2 is 1.84 bits per heavy atom. The number of aliphatic hydroxyl groups is 1. The van der Waals surface area contributed by atoms with Crippen molar-refractivity contribution in [3.63, 3.8) is 0 Å². The number of aliphatic hydroxyl groups excluding tert-OH is 1. The van der Waals surface area contributed by atoms with Gasteiger partial charge in [-0.2, -0.15) is 4.31 Å². The lowest BCUT2D eigenvalue weighted by atomic mass is 10.0. The third kappa shape index (κ3) is 8.95. The lowest BCUT2D eigenvalue weighted by molar-refractivity contribution is -0.0492. The number of benzene rings is 2. The normalized spacial score (nSPS) is 18.3. The van der Waals surface area contributed by atoms with Crippen LogP contribution >= 0.6 is 0 Å². The smallest absolute Gasteiger partial charge is 0.407 e. The van der Waals surface area contributed by atoms with Crippen molar-refractivity contribution < 1.29 is 32.9 Å². The van der Waals surface area contributed by atoms with E-state index in [0.717, 1.165) is 12.1 Å². The number of hydrogen-bond donors (Lipinski definition) is 3. The summed E-state index contributed by atoms with van der Waals surface area (Å²) in [5, 5.41) is 23.6. The molecule has 0 radical (unpaired) electrons. The number of carbonyl (C=O) groups excluding carboxylic acids is 1. The molecule has 1 fully saturated rings. The zero-order valence-electron chi connectivity index (χ0n) is 22.2. The van der Waals surface area contributed by atoms with Crippen LogP contribution in [0.2, 0.25) is 0 Å². The van der Waals surface area contributed by atoms with Gasteiger partial charge in [-0.3, -0.25) is 0 Å². The minimum Gasteiger partial charge on any atom is -0.508 e. The van der Waals surface area contributed by atoms with E-state index in [1.807, 2.05) is 51.2 Å². The van der Waals surface area contributed by atoms with Crippen LogP contribution in [0, 0.1) is 5.92 Å². The maximum Gasteiger partial charge on any atom is 0.407 e. The van der Waals surface area contributed by atoms with Crippen LogP contribution in [-0.4, -0.2) is 98.6 Å². The minimum atomic E-state index is -3.98. The molecule has 1 amide bonds. The van der Waals surface area contributed by atoms with E-state index in [4.69, 9.17) is 9.47 Å². The van der Waals surface area contributed by atoms with E-state index >= 15 is 0 Å². The summed E-state index contributed by atoms with van der Waals surface area (Å²) in [6.45, 7) is 5.77. The highest BCUT2D eigenvalue weighted by atomic mass is 32.2. The molecule has 0 spiro atoms. The van der Waals surface area contributed by atoms with Gasteiger partial charge in [0.1, 0.15) is 18.5 Å². The highest BCUT2D eigenvalue weighted by Gasteiger charge is 2.32.